The highest BCUT2D eigenvalue weighted by Gasteiger charge is 2.30. The molecule has 2 aromatic heterocycles. The van der Waals surface area contributed by atoms with E-state index in [-0.39, 0.29) is 23.9 Å². The first-order valence-electron chi connectivity index (χ1n) is 11.6. The molecule has 3 aromatic carbocycles. The molecule has 5 aromatic rings. The number of pyridine rings is 1. The molecule has 0 radical (unpaired) electrons. The Labute approximate surface area is 202 Å². The molecule has 0 bridgehead atoms. The number of fused-ring (bicyclic) bond motifs is 2. The Hall–Kier alpha value is -4.32. The maximum Gasteiger partial charge on any atom is 0.302 e. The Balaban J connectivity index is 1.82. The van der Waals surface area contributed by atoms with Crippen LogP contribution in [0.5, 0.6) is 5.75 Å². The van der Waals surface area contributed by atoms with Gasteiger partial charge < -0.3 is 19.4 Å². The van der Waals surface area contributed by atoms with Crippen LogP contribution in [-0.4, -0.2) is 27.2 Å². The molecular weight excluding hydrogens is 440 g/mol. The maximum atomic E-state index is 13.7. The van der Waals surface area contributed by atoms with Crippen LogP contribution in [0.4, 0.5) is 0 Å². The van der Waals surface area contributed by atoms with Crippen molar-refractivity contribution in [1.29, 1.82) is 0 Å². The summed E-state index contributed by atoms with van der Waals surface area (Å²) >= 11 is 0. The second-order valence-corrected chi connectivity index (χ2v) is 8.64. The van der Waals surface area contributed by atoms with Gasteiger partial charge >= 0.3 is 5.97 Å². The number of aromatic hydroxyl groups is 1. The van der Waals surface area contributed by atoms with E-state index in [0.717, 1.165) is 27.7 Å². The number of nitrogens with one attached hydrogen (secondary N) is 1. The minimum absolute atomic E-state index is 0.0258. The van der Waals surface area contributed by atoms with Gasteiger partial charge in [0, 0.05) is 42.4 Å². The van der Waals surface area contributed by atoms with Crippen molar-refractivity contribution < 1.29 is 14.6 Å². The average molecular weight is 467 g/mol. The molecule has 1 unspecified atom stereocenters. The zero-order valence-corrected chi connectivity index (χ0v) is 19.6. The molecule has 2 heterocycles. The molecule has 6 nitrogen and oxygen atoms in total. The number of H-pyrrole nitrogens is 1. The minimum Gasteiger partial charge on any atom is -0.507 e. The van der Waals surface area contributed by atoms with Gasteiger partial charge in [-0.2, -0.15) is 0 Å². The van der Waals surface area contributed by atoms with Gasteiger partial charge in [0.1, 0.15) is 5.75 Å². The Kier molecular flexibility index (Phi) is 5.87. The molecule has 5 rings (SSSR count). The number of esters is 1. The summed E-state index contributed by atoms with van der Waals surface area (Å²) in [4.78, 5) is 28.7. The normalized spacial score (nSPS) is 12.2. The summed E-state index contributed by atoms with van der Waals surface area (Å²) < 4.78 is 6.85. The lowest BCUT2D eigenvalue weighted by atomic mass is 9.85. The predicted octanol–water partition coefficient (Wildman–Crippen LogP) is 5.01. The van der Waals surface area contributed by atoms with Crippen LogP contribution in [0.1, 0.15) is 35.2 Å². The van der Waals surface area contributed by atoms with Crippen LogP contribution in [0, 0.1) is 0 Å². The highest BCUT2D eigenvalue weighted by molar-refractivity contribution is 5.88. The fourth-order valence-corrected chi connectivity index (χ4v) is 4.92. The fraction of sp³-hybridized carbons (Fsp3) is 0.172. The van der Waals surface area contributed by atoms with Crippen molar-refractivity contribution in [3.8, 4) is 5.75 Å². The average Bonchev–Trinajstić information content (AvgIpc) is 3.23. The molecule has 0 spiro atoms. The van der Waals surface area contributed by atoms with Gasteiger partial charge in [-0.25, -0.2) is 0 Å². The van der Waals surface area contributed by atoms with Crippen molar-refractivity contribution in [2.24, 2.45) is 7.05 Å². The number of carbonyl (C=O) groups is 1. The third-order valence-electron chi connectivity index (χ3n) is 6.52. The smallest absolute Gasteiger partial charge is 0.302 e. The van der Waals surface area contributed by atoms with Crippen LogP contribution >= 0.6 is 0 Å². The first kappa shape index (κ1) is 22.5. The summed E-state index contributed by atoms with van der Waals surface area (Å²) in [6, 6.07) is 24.9. The summed E-state index contributed by atoms with van der Waals surface area (Å²) in [6.45, 7) is 1.60. The van der Waals surface area contributed by atoms with Gasteiger partial charge in [-0.1, -0.05) is 60.7 Å². The largest absolute Gasteiger partial charge is 0.507 e. The molecule has 176 valence electrons. The number of hydrogen-bond acceptors (Lipinski definition) is 4. The standard InChI is InChI=1S/C29H26N2O4/c1-18(32)35-17-16-21-20-12-6-8-14-23(20)30-27(21)25(19-10-4-3-5-11-19)26-28(33)22-13-7-9-15-24(22)31(2)29(26)34/h3-15,25,30,33H,16-17H2,1-2H3. The number of benzene rings is 3. The van der Waals surface area contributed by atoms with Crippen molar-refractivity contribution in [1.82, 2.24) is 9.55 Å². The number of aryl methyl sites for hydroxylation is 1. The van der Waals surface area contributed by atoms with Gasteiger partial charge in [0.15, 0.2) is 0 Å². The quantitative estimate of drug-likeness (QED) is 0.345. The predicted molar refractivity (Wildman–Crippen MR) is 137 cm³/mol. The number of para-hydroxylation sites is 2. The van der Waals surface area contributed by atoms with Gasteiger partial charge in [0.05, 0.1) is 23.6 Å². The number of aromatic nitrogens is 2. The Bertz CT molecular complexity index is 1600. The molecule has 2 N–H and O–H groups in total. The van der Waals surface area contributed by atoms with E-state index in [1.54, 1.807) is 11.6 Å². The lowest BCUT2D eigenvalue weighted by molar-refractivity contribution is -0.140. The van der Waals surface area contributed by atoms with E-state index in [2.05, 4.69) is 4.98 Å². The summed E-state index contributed by atoms with van der Waals surface area (Å²) in [6.07, 6.45) is 0.469. The number of aromatic amines is 1. The van der Waals surface area contributed by atoms with Crippen LogP contribution in [0.15, 0.2) is 83.7 Å². The summed E-state index contributed by atoms with van der Waals surface area (Å²) in [5.41, 5.74) is 4.24. The second kappa shape index (κ2) is 9.14. The third-order valence-corrected chi connectivity index (χ3v) is 6.52. The van der Waals surface area contributed by atoms with Crippen molar-refractivity contribution in [3.63, 3.8) is 0 Å². The molecule has 0 aliphatic carbocycles. The van der Waals surface area contributed by atoms with Crippen LogP contribution in [0.3, 0.4) is 0 Å². The molecule has 0 saturated carbocycles. The van der Waals surface area contributed by atoms with E-state index in [9.17, 15) is 14.7 Å². The van der Waals surface area contributed by atoms with Gasteiger partial charge in [0.2, 0.25) is 0 Å². The van der Waals surface area contributed by atoms with Gasteiger partial charge in [-0.3, -0.25) is 9.59 Å². The SMILES string of the molecule is CC(=O)OCCc1c(C(c2ccccc2)c2c(O)c3ccccc3n(C)c2=O)[nH]c2ccccc12. The molecule has 0 saturated heterocycles. The monoisotopic (exact) mass is 466 g/mol. The zero-order valence-electron chi connectivity index (χ0n) is 19.6. The third kappa shape index (κ3) is 3.97. The highest BCUT2D eigenvalue weighted by Crippen LogP contribution is 2.40. The van der Waals surface area contributed by atoms with Crippen molar-refractivity contribution in [3.05, 3.63) is 112 Å². The maximum absolute atomic E-state index is 13.7. The number of hydrogen-bond donors (Lipinski definition) is 2. The number of rotatable bonds is 6. The first-order valence-corrected chi connectivity index (χ1v) is 11.6. The Morgan fingerprint density at radius 3 is 2.37 bits per heavy atom. The van der Waals surface area contributed by atoms with Crippen molar-refractivity contribution >= 4 is 27.8 Å². The van der Waals surface area contributed by atoms with E-state index < -0.39 is 5.92 Å². The molecular formula is C29H26N2O4. The number of carbonyl (C=O) groups excluding carboxylic acids is 1. The van der Waals surface area contributed by atoms with Crippen molar-refractivity contribution in [2.45, 2.75) is 19.3 Å². The van der Waals surface area contributed by atoms with E-state index in [1.807, 2.05) is 78.9 Å². The summed E-state index contributed by atoms with van der Waals surface area (Å²) in [5.74, 6) is -0.923. The molecule has 0 aliphatic heterocycles. The van der Waals surface area contributed by atoms with Gasteiger partial charge in [0.25, 0.3) is 5.56 Å². The Morgan fingerprint density at radius 2 is 1.63 bits per heavy atom. The van der Waals surface area contributed by atoms with E-state index in [1.165, 1.54) is 6.92 Å². The highest BCUT2D eigenvalue weighted by atomic mass is 16.5. The van der Waals surface area contributed by atoms with Crippen LogP contribution in [0.2, 0.25) is 0 Å². The molecule has 35 heavy (non-hydrogen) atoms. The van der Waals surface area contributed by atoms with Crippen molar-refractivity contribution in [2.75, 3.05) is 6.61 Å². The fourth-order valence-electron chi connectivity index (χ4n) is 4.92. The Morgan fingerprint density at radius 1 is 0.971 bits per heavy atom. The van der Waals surface area contributed by atoms with Crippen LogP contribution in [0.25, 0.3) is 21.8 Å². The topological polar surface area (TPSA) is 84.3 Å². The second-order valence-electron chi connectivity index (χ2n) is 8.64. The van der Waals surface area contributed by atoms with E-state index in [4.69, 9.17) is 4.74 Å². The van der Waals surface area contributed by atoms with Gasteiger partial charge in [-0.05, 0) is 29.3 Å². The van der Waals surface area contributed by atoms with E-state index >= 15 is 0 Å². The zero-order chi connectivity index (χ0) is 24.5. The lowest BCUT2D eigenvalue weighted by Gasteiger charge is -2.22. The summed E-state index contributed by atoms with van der Waals surface area (Å²) in [5, 5.41) is 13.1. The van der Waals surface area contributed by atoms with Gasteiger partial charge in [-0.15, -0.1) is 0 Å². The minimum atomic E-state index is -0.556. The number of ether oxygens (including phenoxy) is 1. The molecule has 0 fully saturated rings. The summed E-state index contributed by atoms with van der Waals surface area (Å²) in [7, 11) is 1.72. The number of nitrogens with zero attached hydrogens (tertiary/aromatic N) is 1. The van der Waals surface area contributed by atoms with Crippen LogP contribution in [-0.2, 0) is 23.0 Å². The lowest BCUT2D eigenvalue weighted by Crippen LogP contribution is -2.25. The molecule has 1 atom stereocenters. The van der Waals surface area contributed by atoms with Crippen LogP contribution < -0.4 is 5.56 Å². The molecule has 0 aliphatic rings. The molecule has 6 heteroatoms. The van der Waals surface area contributed by atoms with E-state index in [0.29, 0.717) is 22.9 Å². The molecule has 0 amide bonds. The first-order chi connectivity index (χ1) is 17.0.